The summed E-state index contributed by atoms with van der Waals surface area (Å²) in [4.78, 5) is 38.7. The van der Waals surface area contributed by atoms with Gasteiger partial charge in [-0.3, -0.25) is 14.4 Å². The third-order valence-electron chi connectivity index (χ3n) is 5.66. The van der Waals surface area contributed by atoms with Gasteiger partial charge >= 0.3 is 0 Å². The largest absolute Gasteiger partial charge is 0.490 e. The molecule has 1 saturated heterocycles. The van der Waals surface area contributed by atoms with Crippen molar-refractivity contribution in [3.05, 3.63) is 23.8 Å². The fraction of sp³-hybridized carbons (Fsp3) is 0.591. The smallest absolute Gasteiger partial charge is 0.257 e. The van der Waals surface area contributed by atoms with Gasteiger partial charge in [-0.25, -0.2) is 0 Å². The molecule has 3 rings (SSSR count). The highest BCUT2D eigenvalue weighted by atomic mass is 16.5. The molecule has 31 heavy (non-hydrogen) atoms. The average molecular weight is 434 g/mol. The van der Waals surface area contributed by atoms with Gasteiger partial charge in [0.05, 0.1) is 30.7 Å². The number of nitrogens with one attached hydrogen (secondary N) is 2. The Hall–Kier alpha value is -2.65. The van der Waals surface area contributed by atoms with Crippen LogP contribution in [0.2, 0.25) is 0 Å². The number of methoxy groups -OCH3 is 1. The van der Waals surface area contributed by atoms with Crippen LogP contribution < -0.4 is 15.4 Å². The Labute approximate surface area is 182 Å². The summed E-state index contributed by atoms with van der Waals surface area (Å²) >= 11 is 0. The molecule has 0 spiro atoms. The van der Waals surface area contributed by atoms with Gasteiger partial charge in [-0.1, -0.05) is 6.92 Å². The molecule has 0 saturated carbocycles. The minimum atomic E-state index is -0.327. The molecule has 2 aliphatic rings. The maximum absolute atomic E-state index is 13.2. The molecule has 9 nitrogen and oxygen atoms in total. The Bertz CT molecular complexity index is 814. The van der Waals surface area contributed by atoms with Crippen LogP contribution in [0.3, 0.4) is 0 Å². The number of amides is 3. The predicted octanol–water partition coefficient (Wildman–Crippen LogP) is 1.57. The molecule has 0 radical (unpaired) electrons. The normalized spacial score (nSPS) is 23.0. The van der Waals surface area contributed by atoms with Crippen LogP contribution >= 0.6 is 0 Å². The summed E-state index contributed by atoms with van der Waals surface area (Å²) in [6, 6.07) is 4.91. The number of fused-ring (bicyclic) bond motifs is 2. The first kappa shape index (κ1) is 23.0. The van der Waals surface area contributed by atoms with E-state index in [1.807, 2.05) is 0 Å². The van der Waals surface area contributed by atoms with Crippen LogP contribution in [0.25, 0.3) is 0 Å². The van der Waals surface area contributed by atoms with Crippen LogP contribution in [-0.2, 0) is 19.1 Å². The number of benzene rings is 1. The number of rotatable bonds is 7. The Morgan fingerprint density at radius 3 is 2.81 bits per heavy atom. The van der Waals surface area contributed by atoms with E-state index in [4.69, 9.17) is 14.2 Å². The number of carbonyl (C=O) groups is 3. The van der Waals surface area contributed by atoms with E-state index in [0.29, 0.717) is 49.4 Å². The summed E-state index contributed by atoms with van der Waals surface area (Å²) in [7, 11) is 3.34. The number of anilines is 1. The quantitative estimate of drug-likeness (QED) is 0.633. The Morgan fingerprint density at radius 1 is 1.26 bits per heavy atom. The molecule has 9 heteroatoms. The van der Waals surface area contributed by atoms with Gasteiger partial charge in [-0.15, -0.1) is 0 Å². The second-order valence-electron chi connectivity index (χ2n) is 7.83. The lowest BCUT2D eigenvalue weighted by atomic mass is 9.94. The third kappa shape index (κ3) is 5.74. The Morgan fingerprint density at radius 2 is 2.06 bits per heavy atom. The van der Waals surface area contributed by atoms with Crippen molar-refractivity contribution in [2.75, 3.05) is 39.2 Å². The Balaban J connectivity index is 1.68. The molecule has 3 amide bonds. The highest BCUT2D eigenvalue weighted by molar-refractivity contribution is 5.99. The SMILES string of the molecule is CCC(=O)Nc1ccc2c(c1)C(=O)N(C)[C@H]1CC[C@H](CC(=O)NCCOC)O[C@@H]1CO2. The molecule has 1 aromatic rings. The van der Waals surface area contributed by atoms with Crippen molar-refractivity contribution in [3.8, 4) is 5.75 Å². The lowest BCUT2D eigenvalue weighted by molar-refractivity contribution is -0.134. The van der Waals surface area contributed by atoms with Gasteiger partial charge in [0, 0.05) is 32.8 Å². The zero-order valence-electron chi connectivity index (χ0n) is 18.3. The van der Waals surface area contributed by atoms with Crippen LogP contribution in [0.15, 0.2) is 18.2 Å². The van der Waals surface area contributed by atoms with Crippen molar-refractivity contribution in [1.82, 2.24) is 10.2 Å². The maximum atomic E-state index is 13.2. The van der Waals surface area contributed by atoms with E-state index in [9.17, 15) is 14.4 Å². The molecule has 0 aromatic heterocycles. The topological polar surface area (TPSA) is 106 Å². The standard InChI is InChI=1S/C22H31N3O6/c1-4-20(26)24-14-5-8-18-16(11-14)22(28)25(2)17-7-6-15(31-19(17)13-30-18)12-21(27)23-9-10-29-3/h5,8,11,15,17,19H,4,6-7,9-10,12-13H2,1-3H3,(H,23,27)(H,24,26)/t15-,17+,19-/m1/s1. The third-order valence-corrected chi connectivity index (χ3v) is 5.66. The van der Waals surface area contributed by atoms with E-state index in [1.54, 1.807) is 44.2 Å². The zero-order chi connectivity index (χ0) is 22.4. The van der Waals surface area contributed by atoms with Crippen LogP contribution in [0.5, 0.6) is 5.75 Å². The molecule has 0 unspecified atom stereocenters. The van der Waals surface area contributed by atoms with Gasteiger partial charge in [0.1, 0.15) is 18.5 Å². The molecule has 0 bridgehead atoms. The number of hydrogen-bond acceptors (Lipinski definition) is 6. The van der Waals surface area contributed by atoms with Gasteiger partial charge in [0.2, 0.25) is 11.8 Å². The van der Waals surface area contributed by atoms with Crippen LogP contribution in [0, 0.1) is 0 Å². The monoisotopic (exact) mass is 433 g/mol. The highest BCUT2D eigenvalue weighted by Crippen LogP contribution is 2.32. The number of ether oxygens (including phenoxy) is 3. The lowest BCUT2D eigenvalue weighted by Gasteiger charge is -2.42. The van der Waals surface area contributed by atoms with Crippen LogP contribution in [-0.4, -0.2) is 74.8 Å². The van der Waals surface area contributed by atoms with Gasteiger partial charge in [-0.2, -0.15) is 0 Å². The van der Waals surface area contributed by atoms with E-state index in [0.717, 1.165) is 0 Å². The van der Waals surface area contributed by atoms with Crippen LogP contribution in [0.1, 0.15) is 43.0 Å². The first-order valence-corrected chi connectivity index (χ1v) is 10.7. The minimum Gasteiger partial charge on any atom is -0.490 e. The van der Waals surface area contributed by atoms with E-state index >= 15 is 0 Å². The molecule has 0 aliphatic carbocycles. The number of hydrogen-bond donors (Lipinski definition) is 2. The fourth-order valence-electron chi connectivity index (χ4n) is 3.93. The molecule has 1 aromatic carbocycles. The Kier molecular flexibility index (Phi) is 7.86. The molecular weight excluding hydrogens is 402 g/mol. The van der Waals surface area contributed by atoms with Crippen molar-refractivity contribution < 1.29 is 28.6 Å². The summed E-state index contributed by atoms with van der Waals surface area (Å²) in [5, 5.41) is 5.58. The molecule has 2 heterocycles. The molecule has 3 atom stereocenters. The summed E-state index contributed by atoms with van der Waals surface area (Å²) in [6.07, 6.45) is 1.47. The van der Waals surface area contributed by atoms with E-state index in [-0.39, 0.29) is 49.0 Å². The summed E-state index contributed by atoms with van der Waals surface area (Å²) < 4.78 is 17.0. The molecule has 170 valence electrons. The minimum absolute atomic E-state index is 0.0799. The number of nitrogens with zero attached hydrogens (tertiary/aromatic N) is 1. The second-order valence-corrected chi connectivity index (χ2v) is 7.83. The van der Waals surface area contributed by atoms with Crippen molar-refractivity contribution in [1.29, 1.82) is 0 Å². The number of likely N-dealkylation sites (N-methyl/N-ethyl adjacent to an activating group) is 1. The number of carbonyl (C=O) groups excluding carboxylic acids is 3. The van der Waals surface area contributed by atoms with Gasteiger partial charge in [0.15, 0.2) is 0 Å². The van der Waals surface area contributed by atoms with E-state index in [1.165, 1.54) is 0 Å². The first-order chi connectivity index (χ1) is 14.9. The average Bonchev–Trinajstić information content (AvgIpc) is 2.76. The van der Waals surface area contributed by atoms with Crippen molar-refractivity contribution in [3.63, 3.8) is 0 Å². The highest BCUT2D eigenvalue weighted by Gasteiger charge is 2.39. The van der Waals surface area contributed by atoms with E-state index in [2.05, 4.69) is 10.6 Å². The van der Waals surface area contributed by atoms with Gasteiger partial charge in [-0.05, 0) is 31.0 Å². The molecule has 2 aliphatic heterocycles. The van der Waals surface area contributed by atoms with E-state index < -0.39 is 0 Å². The fourth-order valence-corrected chi connectivity index (χ4v) is 3.93. The van der Waals surface area contributed by atoms with Crippen molar-refractivity contribution in [2.24, 2.45) is 0 Å². The molecular formula is C22H31N3O6. The molecule has 1 fully saturated rings. The van der Waals surface area contributed by atoms with Crippen LogP contribution in [0.4, 0.5) is 5.69 Å². The second kappa shape index (κ2) is 10.6. The van der Waals surface area contributed by atoms with Gasteiger partial charge < -0.3 is 29.7 Å². The lowest BCUT2D eigenvalue weighted by Crippen LogP contribution is -2.54. The summed E-state index contributed by atoms with van der Waals surface area (Å²) in [5.41, 5.74) is 0.974. The predicted molar refractivity (Wildman–Crippen MR) is 114 cm³/mol. The summed E-state index contributed by atoms with van der Waals surface area (Å²) in [5.74, 6) is 0.0683. The molecule has 2 N–H and O–H groups in total. The summed E-state index contributed by atoms with van der Waals surface area (Å²) in [6.45, 7) is 2.97. The van der Waals surface area contributed by atoms with Crippen molar-refractivity contribution in [2.45, 2.75) is 50.9 Å². The zero-order valence-corrected chi connectivity index (χ0v) is 18.3. The first-order valence-electron chi connectivity index (χ1n) is 10.7. The van der Waals surface area contributed by atoms with Crippen molar-refractivity contribution >= 4 is 23.4 Å². The van der Waals surface area contributed by atoms with Gasteiger partial charge in [0.25, 0.3) is 5.91 Å². The maximum Gasteiger partial charge on any atom is 0.257 e.